The standard InChI is InChI=1S/C10H19N3O/c1-8-10(14)12-4-2-6-13(8)9-3-5-11-7-9/h8-9,11H,2-7H2,1H3,(H,12,14). The van der Waals surface area contributed by atoms with Gasteiger partial charge in [0, 0.05) is 25.7 Å². The quantitative estimate of drug-likeness (QED) is 0.599. The van der Waals surface area contributed by atoms with Crippen molar-refractivity contribution in [3.8, 4) is 0 Å². The second-order valence-corrected chi connectivity index (χ2v) is 4.21. The molecule has 0 bridgehead atoms. The molecular weight excluding hydrogens is 178 g/mol. The monoisotopic (exact) mass is 197 g/mol. The lowest BCUT2D eigenvalue weighted by Crippen LogP contribution is -2.48. The maximum absolute atomic E-state index is 11.6. The molecule has 4 heteroatoms. The molecule has 2 heterocycles. The molecule has 14 heavy (non-hydrogen) atoms. The molecule has 2 aliphatic heterocycles. The molecule has 2 aliphatic rings. The van der Waals surface area contributed by atoms with Gasteiger partial charge < -0.3 is 10.6 Å². The van der Waals surface area contributed by atoms with Gasteiger partial charge in [-0.2, -0.15) is 0 Å². The number of hydrogen-bond acceptors (Lipinski definition) is 3. The van der Waals surface area contributed by atoms with E-state index >= 15 is 0 Å². The smallest absolute Gasteiger partial charge is 0.237 e. The fourth-order valence-electron chi connectivity index (χ4n) is 2.39. The molecule has 1 amide bonds. The van der Waals surface area contributed by atoms with Crippen molar-refractivity contribution in [1.82, 2.24) is 15.5 Å². The van der Waals surface area contributed by atoms with E-state index in [-0.39, 0.29) is 11.9 Å². The first-order valence-corrected chi connectivity index (χ1v) is 5.53. The third-order valence-electron chi connectivity index (χ3n) is 3.27. The number of carbonyl (C=O) groups is 1. The molecule has 0 saturated carbocycles. The van der Waals surface area contributed by atoms with Crippen molar-refractivity contribution in [2.24, 2.45) is 0 Å². The molecule has 0 aromatic heterocycles. The highest BCUT2D eigenvalue weighted by molar-refractivity contribution is 5.81. The van der Waals surface area contributed by atoms with Crippen LogP contribution >= 0.6 is 0 Å². The molecule has 0 aliphatic carbocycles. The average Bonchev–Trinajstić information content (AvgIpc) is 2.64. The summed E-state index contributed by atoms with van der Waals surface area (Å²) in [7, 11) is 0. The molecule has 2 unspecified atom stereocenters. The highest BCUT2D eigenvalue weighted by Gasteiger charge is 2.30. The molecule has 4 nitrogen and oxygen atoms in total. The van der Waals surface area contributed by atoms with Gasteiger partial charge in [0.05, 0.1) is 6.04 Å². The van der Waals surface area contributed by atoms with Crippen LogP contribution in [-0.4, -0.2) is 49.1 Å². The van der Waals surface area contributed by atoms with E-state index in [1.54, 1.807) is 0 Å². The van der Waals surface area contributed by atoms with Crippen LogP contribution in [0.5, 0.6) is 0 Å². The Morgan fingerprint density at radius 2 is 2.29 bits per heavy atom. The Labute approximate surface area is 85.0 Å². The van der Waals surface area contributed by atoms with Gasteiger partial charge in [0.15, 0.2) is 0 Å². The molecular formula is C10H19N3O. The predicted octanol–water partition coefficient (Wildman–Crippen LogP) is -0.441. The van der Waals surface area contributed by atoms with Gasteiger partial charge in [-0.3, -0.25) is 9.69 Å². The zero-order valence-electron chi connectivity index (χ0n) is 8.75. The summed E-state index contributed by atoms with van der Waals surface area (Å²) in [6, 6.07) is 0.608. The molecule has 0 aromatic carbocycles. The first-order valence-electron chi connectivity index (χ1n) is 5.53. The lowest BCUT2D eigenvalue weighted by atomic mass is 10.1. The average molecular weight is 197 g/mol. The zero-order valence-corrected chi connectivity index (χ0v) is 8.75. The second-order valence-electron chi connectivity index (χ2n) is 4.21. The van der Waals surface area contributed by atoms with E-state index in [9.17, 15) is 4.79 Å². The Kier molecular flexibility index (Phi) is 3.03. The van der Waals surface area contributed by atoms with Crippen molar-refractivity contribution >= 4 is 5.91 Å². The minimum atomic E-state index is 0.0439. The largest absolute Gasteiger partial charge is 0.355 e. The van der Waals surface area contributed by atoms with Crippen molar-refractivity contribution < 1.29 is 4.79 Å². The molecule has 2 N–H and O–H groups in total. The van der Waals surface area contributed by atoms with Crippen LogP contribution < -0.4 is 10.6 Å². The summed E-state index contributed by atoms with van der Waals surface area (Å²) < 4.78 is 0. The van der Waals surface area contributed by atoms with E-state index < -0.39 is 0 Å². The zero-order chi connectivity index (χ0) is 9.97. The van der Waals surface area contributed by atoms with Gasteiger partial charge in [-0.1, -0.05) is 0 Å². The maximum atomic E-state index is 11.6. The molecule has 2 rings (SSSR count). The van der Waals surface area contributed by atoms with E-state index in [1.807, 2.05) is 6.92 Å². The third kappa shape index (κ3) is 1.91. The first-order chi connectivity index (χ1) is 6.79. The van der Waals surface area contributed by atoms with Crippen molar-refractivity contribution in [1.29, 1.82) is 0 Å². The predicted molar refractivity (Wildman–Crippen MR) is 55.1 cm³/mol. The summed E-state index contributed by atoms with van der Waals surface area (Å²) in [5.41, 5.74) is 0. The highest BCUT2D eigenvalue weighted by Crippen LogP contribution is 2.14. The number of hydrogen-bond donors (Lipinski definition) is 2. The third-order valence-corrected chi connectivity index (χ3v) is 3.27. The highest BCUT2D eigenvalue weighted by atomic mass is 16.2. The van der Waals surface area contributed by atoms with Crippen molar-refractivity contribution in [3.63, 3.8) is 0 Å². The van der Waals surface area contributed by atoms with Gasteiger partial charge in [-0.25, -0.2) is 0 Å². The van der Waals surface area contributed by atoms with Gasteiger partial charge in [0.1, 0.15) is 0 Å². The summed E-state index contributed by atoms with van der Waals surface area (Å²) in [4.78, 5) is 14.0. The Morgan fingerprint density at radius 1 is 1.43 bits per heavy atom. The summed E-state index contributed by atoms with van der Waals surface area (Å²) in [5.74, 6) is 0.189. The van der Waals surface area contributed by atoms with Crippen LogP contribution in [0.4, 0.5) is 0 Å². The Morgan fingerprint density at radius 3 is 3.00 bits per heavy atom. The summed E-state index contributed by atoms with van der Waals surface area (Å²) in [5, 5.41) is 6.30. The number of rotatable bonds is 1. The fraction of sp³-hybridized carbons (Fsp3) is 0.900. The lowest BCUT2D eigenvalue weighted by molar-refractivity contribution is -0.125. The molecule has 0 radical (unpaired) electrons. The molecule has 0 spiro atoms. The van der Waals surface area contributed by atoms with Crippen LogP contribution in [0.15, 0.2) is 0 Å². The maximum Gasteiger partial charge on any atom is 0.237 e. The van der Waals surface area contributed by atoms with Crippen molar-refractivity contribution in [3.05, 3.63) is 0 Å². The van der Waals surface area contributed by atoms with E-state index in [2.05, 4.69) is 15.5 Å². The SMILES string of the molecule is CC1C(=O)NCCCN1C1CCNC1. The van der Waals surface area contributed by atoms with Crippen LogP contribution in [0.2, 0.25) is 0 Å². The van der Waals surface area contributed by atoms with Crippen LogP contribution in [0.25, 0.3) is 0 Å². The van der Waals surface area contributed by atoms with E-state index in [4.69, 9.17) is 0 Å². The molecule has 2 fully saturated rings. The van der Waals surface area contributed by atoms with E-state index in [0.29, 0.717) is 6.04 Å². The summed E-state index contributed by atoms with van der Waals surface area (Å²) in [6.07, 6.45) is 2.25. The van der Waals surface area contributed by atoms with Gasteiger partial charge in [0.2, 0.25) is 5.91 Å². The minimum absolute atomic E-state index is 0.0439. The first kappa shape index (κ1) is 9.93. The summed E-state index contributed by atoms with van der Waals surface area (Å²) >= 11 is 0. The molecule has 80 valence electrons. The lowest BCUT2D eigenvalue weighted by Gasteiger charge is -2.30. The molecule has 2 saturated heterocycles. The number of amides is 1. The van der Waals surface area contributed by atoms with Crippen LogP contribution in [0.3, 0.4) is 0 Å². The van der Waals surface area contributed by atoms with Crippen LogP contribution in [0, 0.1) is 0 Å². The van der Waals surface area contributed by atoms with E-state index in [1.165, 1.54) is 6.42 Å². The van der Waals surface area contributed by atoms with E-state index in [0.717, 1.165) is 32.6 Å². The van der Waals surface area contributed by atoms with Gasteiger partial charge in [-0.15, -0.1) is 0 Å². The Balaban J connectivity index is 2.03. The number of nitrogens with zero attached hydrogens (tertiary/aromatic N) is 1. The van der Waals surface area contributed by atoms with Crippen molar-refractivity contribution in [2.45, 2.75) is 31.8 Å². The fourth-order valence-corrected chi connectivity index (χ4v) is 2.39. The number of nitrogens with one attached hydrogen (secondary N) is 2. The van der Waals surface area contributed by atoms with Gasteiger partial charge in [-0.05, 0) is 26.3 Å². The second kappa shape index (κ2) is 4.28. The van der Waals surface area contributed by atoms with Crippen LogP contribution in [-0.2, 0) is 4.79 Å². The topological polar surface area (TPSA) is 44.4 Å². The Bertz CT molecular complexity index is 213. The Hall–Kier alpha value is -0.610. The number of carbonyl (C=O) groups excluding carboxylic acids is 1. The van der Waals surface area contributed by atoms with Gasteiger partial charge >= 0.3 is 0 Å². The minimum Gasteiger partial charge on any atom is -0.355 e. The normalized spacial score (nSPS) is 35.4. The van der Waals surface area contributed by atoms with Crippen molar-refractivity contribution in [2.75, 3.05) is 26.2 Å². The van der Waals surface area contributed by atoms with Crippen LogP contribution in [0.1, 0.15) is 19.8 Å². The summed E-state index contributed by atoms with van der Waals surface area (Å²) in [6.45, 7) is 6.03. The van der Waals surface area contributed by atoms with Gasteiger partial charge in [0.25, 0.3) is 0 Å². The molecule has 2 atom stereocenters. The molecule has 0 aromatic rings.